The van der Waals surface area contributed by atoms with Crippen molar-refractivity contribution in [3.8, 4) is 27.8 Å². The number of hydrogen-bond acceptors (Lipinski definition) is 5. The van der Waals surface area contributed by atoms with Gasteiger partial charge in [-0.05, 0) is 31.5 Å². The molecular formula is C15H19NO4S. The zero-order valence-electron chi connectivity index (χ0n) is 12.1. The van der Waals surface area contributed by atoms with Gasteiger partial charge in [0.25, 0.3) is 0 Å². The van der Waals surface area contributed by atoms with Gasteiger partial charge in [-0.2, -0.15) is 0 Å². The molecule has 0 radical (unpaired) electrons. The van der Waals surface area contributed by atoms with Gasteiger partial charge < -0.3 is 14.6 Å². The lowest BCUT2D eigenvalue weighted by atomic mass is 10.1. The Morgan fingerprint density at radius 2 is 2.05 bits per heavy atom. The van der Waals surface area contributed by atoms with Gasteiger partial charge in [0.1, 0.15) is 0 Å². The molecule has 2 rings (SSSR count). The first-order valence-corrected chi connectivity index (χ1v) is 7.79. The Labute approximate surface area is 127 Å². The highest BCUT2D eigenvalue weighted by molar-refractivity contribution is 7.13. The van der Waals surface area contributed by atoms with Crippen molar-refractivity contribution in [1.29, 1.82) is 0 Å². The summed E-state index contributed by atoms with van der Waals surface area (Å²) in [6.07, 6.45) is 2.04. The molecule has 2 aromatic rings. The lowest BCUT2D eigenvalue weighted by molar-refractivity contribution is 0.273. The molecule has 5 nitrogen and oxygen atoms in total. The first-order valence-electron chi connectivity index (χ1n) is 6.97. The number of aromatic hydroxyl groups is 1. The van der Waals surface area contributed by atoms with Crippen LogP contribution in [0.25, 0.3) is 10.4 Å². The molecule has 0 aliphatic rings. The van der Waals surface area contributed by atoms with Crippen LogP contribution in [0.4, 0.5) is 0 Å². The van der Waals surface area contributed by atoms with Crippen LogP contribution in [0.3, 0.4) is 0 Å². The monoisotopic (exact) mass is 309 g/mol. The average molecular weight is 309 g/mol. The molecule has 6 heteroatoms. The van der Waals surface area contributed by atoms with Crippen molar-refractivity contribution >= 4 is 11.3 Å². The van der Waals surface area contributed by atoms with Crippen LogP contribution in [0.15, 0.2) is 23.0 Å². The van der Waals surface area contributed by atoms with Crippen LogP contribution >= 0.6 is 11.3 Å². The second-order valence-electron chi connectivity index (χ2n) is 4.49. The molecular weight excluding hydrogens is 290 g/mol. The third kappa shape index (κ3) is 3.78. The predicted octanol–water partition coefficient (Wildman–Crippen LogP) is 3.39. The quantitative estimate of drug-likeness (QED) is 0.769. The molecule has 21 heavy (non-hydrogen) atoms. The Morgan fingerprint density at radius 1 is 1.24 bits per heavy atom. The molecule has 2 N–H and O–H groups in total. The van der Waals surface area contributed by atoms with E-state index in [0.717, 1.165) is 29.7 Å². The molecule has 114 valence electrons. The fraction of sp³-hybridized carbons (Fsp3) is 0.400. The molecule has 0 amide bonds. The average Bonchev–Trinajstić information content (AvgIpc) is 2.80. The molecule has 1 aromatic carbocycles. The van der Waals surface area contributed by atoms with Crippen LogP contribution in [0.2, 0.25) is 0 Å². The maximum Gasteiger partial charge on any atom is 0.307 e. The second kappa shape index (κ2) is 7.17. The minimum atomic E-state index is -0.288. The maximum absolute atomic E-state index is 11.3. The van der Waals surface area contributed by atoms with Crippen LogP contribution in [0.5, 0.6) is 17.4 Å². The van der Waals surface area contributed by atoms with E-state index in [2.05, 4.69) is 11.9 Å². The van der Waals surface area contributed by atoms with E-state index in [-0.39, 0.29) is 10.8 Å². The number of benzene rings is 1. The predicted molar refractivity (Wildman–Crippen MR) is 83.6 cm³/mol. The molecule has 0 fully saturated rings. The van der Waals surface area contributed by atoms with Gasteiger partial charge in [-0.1, -0.05) is 24.7 Å². The number of rotatable bonds is 7. The minimum absolute atomic E-state index is 0.118. The number of unbranched alkanes of at least 4 members (excludes halogenated alkanes) is 1. The summed E-state index contributed by atoms with van der Waals surface area (Å²) in [5.41, 5.74) is 0.724. The van der Waals surface area contributed by atoms with Crippen LogP contribution in [-0.2, 0) is 0 Å². The molecule has 0 unspecified atom stereocenters. The largest absolute Gasteiger partial charge is 0.493 e. The first kappa shape index (κ1) is 15.4. The third-order valence-electron chi connectivity index (χ3n) is 2.89. The normalized spacial score (nSPS) is 10.6. The van der Waals surface area contributed by atoms with Gasteiger partial charge in [-0.3, -0.25) is 9.78 Å². The van der Waals surface area contributed by atoms with Gasteiger partial charge in [-0.25, -0.2) is 0 Å². The number of ether oxygens (including phenoxy) is 2. The fourth-order valence-corrected chi connectivity index (χ4v) is 2.60. The summed E-state index contributed by atoms with van der Waals surface area (Å²) in [4.78, 5) is 13.9. The van der Waals surface area contributed by atoms with Crippen molar-refractivity contribution in [2.45, 2.75) is 26.7 Å². The van der Waals surface area contributed by atoms with Crippen LogP contribution < -0.4 is 14.3 Å². The van der Waals surface area contributed by atoms with E-state index in [1.54, 1.807) is 12.1 Å². The third-order valence-corrected chi connectivity index (χ3v) is 3.81. The van der Waals surface area contributed by atoms with E-state index in [1.807, 2.05) is 13.0 Å². The van der Waals surface area contributed by atoms with Gasteiger partial charge >= 0.3 is 4.87 Å². The zero-order valence-corrected chi connectivity index (χ0v) is 13.0. The minimum Gasteiger partial charge on any atom is -0.493 e. The highest BCUT2D eigenvalue weighted by Gasteiger charge is 2.13. The Bertz CT molecular complexity index is 647. The summed E-state index contributed by atoms with van der Waals surface area (Å²) < 4.78 is 11.3. The van der Waals surface area contributed by atoms with Crippen molar-refractivity contribution in [2.24, 2.45) is 0 Å². The maximum atomic E-state index is 11.3. The summed E-state index contributed by atoms with van der Waals surface area (Å²) in [5, 5.41) is 9.73. The molecule has 1 heterocycles. The molecule has 0 aliphatic heterocycles. The van der Waals surface area contributed by atoms with E-state index < -0.39 is 0 Å². The van der Waals surface area contributed by atoms with Crippen LogP contribution in [0.1, 0.15) is 26.7 Å². The standard InChI is InChI=1S/C15H19NO4S/c1-3-5-8-20-11-7-6-10(9-12(11)19-4-2)13-14(17)16-15(18)21-13/h6-7,9,17H,3-5,8H2,1-2H3,(H,16,18). The van der Waals surface area contributed by atoms with E-state index in [4.69, 9.17) is 9.47 Å². The Hall–Kier alpha value is -1.95. The van der Waals surface area contributed by atoms with Gasteiger partial charge in [0.2, 0.25) is 5.88 Å². The summed E-state index contributed by atoms with van der Waals surface area (Å²) in [7, 11) is 0. The van der Waals surface area contributed by atoms with Crippen molar-refractivity contribution in [3.63, 3.8) is 0 Å². The lowest BCUT2D eigenvalue weighted by Crippen LogP contribution is -2.00. The smallest absolute Gasteiger partial charge is 0.307 e. The number of hydrogen-bond donors (Lipinski definition) is 2. The Kier molecular flexibility index (Phi) is 5.27. The zero-order chi connectivity index (χ0) is 15.2. The number of nitrogens with one attached hydrogen (secondary N) is 1. The van der Waals surface area contributed by atoms with E-state index in [1.165, 1.54) is 0 Å². The molecule has 0 atom stereocenters. The Balaban J connectivity index is 2.30. The molecule has 0 spiro atoms. The number of aromatic nitrogens is 1. The first-order chi connectivity index (χ1) is 10.2. The van der Waals surface area contributed by atoms with E-state index in [0.29, 0.717) is 29.6 Å². The fourth-order valence-electron chi connectivity index (χ4n) is 1.88. The summed E-state index contributed by atoms with van der Waals surface area (Å²) in [5.74, 6) is 1.18. The molecule has 0 bridgehead atoms. The Morgan fingerprint density at radius 3 is 2.67 bits per heavy atom. The van der Waals surface area contributed by atoms with Gasteiger partial charge in [0.05, 0.1) is 18.1 Å². The summed E-state index contributed by atoms with van der Waals surface area (Å²) in [6.45, 7) is 5.16. The van der Waals surface area contributed by atoms with Crippen LogP contribution in [0, 0.1) is 0 Å². The number of H-pyrrole nitrogens is 1. The molecule has 0 aliphatic carbocycles. The van der Waals surface area contributed by atoms with Crippen molar-refractivity contribution in [1.82, 2.24) is 4.98 Å². The second-order valence-corrected chi connectivity index (χ2v) is 5.47. The van der Waals surface area contributed by atoms with E-state index >= 15 is 0 Å². The SMILES string of the molecule is CCCCOc1ccc(-c2sc(=O)[nH]c2O)cc1OCC. The summed E-state index contributed by atoms with van der Waals surface area (Å²) >= 11 is 0.964. The lowest BCUT2D eigenvalue weighted by Gasteiger charge is -2.12. The van der Waals surface area contributed by atoms with Gasteiger partial charge in [0.15, 0.2) is 11.5 Å². The number of aromatic amines is 1. The van der Waals surface area contributed by atoms with Crippen molar-refractivity contribution in [3.05, 3.63) is 27.9 Å². The molecule has 0 saturated carbocycles. The van der Waals surface area contributed by atoms with Crippen LogP contribution in [-0.4, -0.2) is 23.3 Å². The molecule has 1 aromatic heterocycles. The van der Waals surface area contributed by atoms with Gasteiger partial charge in [-0.15, -0.1) is 0 Å². The van der Waals surface area contributed by atoms with Crippen molar-refractivity contribution < 1.29 is 14.6 Å². The topological polar surface area (TPSA) is 71.6 Å². The van der Waals surface area contributed by atoms with Crippen molar-refractivity contribution in [2.75, 3.05) is 13.2 Å². The molecule has 0 saturated heterocycles. The summed E-state index contributed by atoms with van der Waals surface area (Å²) in [6, 6.07) is 5.39. The number of thiazole rings is 1. The highest BCUT2D eigenvalue weighted by Crippen LogP contribution is 2.36. The van der Waals surface area contributed by atoms with E-state index in [9.17, 15) is 9.90 Å². The van der Waals surface area contributed by atoms with Gasteiger partial charge in [0, 0.05) is 5.56 Å². The highest BCUT2D eigenvalue weighted by atomic mass is 32.1.